The lowest BCUT2D eigenvalue weighted by molar-refractivity contribution is -0.137. The quantitative estimate of drug-likeness (QED) is 0.712. The molecule has 1 unspecified atom stereocenters. The summed E-state index contributed by atoms with van der Waals surface area (Å²) < 4.78 is 38.3. The van der Waals surface area contributed by atoms with Gasteiger partial charge in [0.25, 0.3) is 0 Å². The maximum Gasteiger partial charge on any atom is 0.391 e. The molecule has 112 valence electrons. The standard InChI is InChI=1S/C15H12Cl2F3N/c16-11-7-4-8-12(14(11)17)21-13(9-15(18,19)20)10-5-2-1-3-6-10/h1-8,13,21H,9H2. The van der Waals surface area contributed by atoms with Crippen LogP contribution in [0.25, 0.3) is 0 Å². The Morgan fingerprint density at radius 3 is 2.24 bits per heavy atom. The fourth-order valence-corrected chi connectivity index (χ4v) is 2.33. The summed E-state index contributed by atoms with van der Waals surface area (Å²) in [5, 5.41) is 3.33. The van der Waals surface area contributed by atoms with Crippen molar-refractivity contribution in [2.75, 3.05) is 5.32 Å². The maximum atomic E-state index is 12.8. The van der Waals surface area contributed by atoms with Gasteiger partial charge < -0.3 is 5.32 Å². The fourth-order valence-electron chi connectivity index (χ4n) is 1.97. The molecular weight excluding hydrogens is 322 g/mol. The van der Waals surface area contributed by atoms with E-state index in [4.69, 9.17) is 23.2 Å². The van der Waals surface area contributed by atoms with Gasteiger partial charge >= 0.3 is 6.18 Å². The molecule has 0 amide bonds. The van der Waals surface area contributed by atoms with Gasteiger partial charge in [0.05, 0.1) is 28.2 Å². The number of alkyl halides is 3. The molecule has 0 aliphatic rings. The third-order valence-electron chi connectivity index (χ3n) is 2.92. The lowest BCUT2D eigenvalue weighted by atomic mass is 10.0. The van der Waals surface area contributed by atoms with E-state index in [9.17, 15) is 13.2 Å². The monoisotopic (exact) mass is 333 g/mol. The number of halogens is 5. The van der Waals surface area contributed by atoms with Crippen molar-refractivity contribution in [3.8, 4) is 0 Å². The summed E-state index contributed by atoms with van der Waals surface area (Å²) in [7, 11) is 0. The Morgan fingerprint density at radius 2 is 1.62 bits per heavy atom. The van der Waals surface area contributed by atoms with E-state index in [-0.39, 0.29) is 5.02 Å². The van der Waals surface area contributed by atoms with Crippen LogP contribution in [-0.4, -0.2) is 6.18 Å². The Hall–Kier alpha value is -1.39. The van der Waals surface area contributed by atoms with E-state index >= 15 is 0 Å². The Bertz CT molecular complexity index is 600. The summed E-state index contributed by atoms with van der Waals surface area (Å²) >= 11 is 11.9. The molecule has 0 aliphatic heterocycles. The molecular formula is C15H12Cl2F3N. The van der Waals surface area contributed by atoms with Gasteiger partial charge in [-0.25, -0.2) is 0 Å². The number of rotatable bonds is 4. The van der Waals surface area contributed by atoms with Crippen molar-refractivity contribution >= 4 is 28.9 Å². The van der Waals surface area contributed by atoms with Crippen LogP contribution >= 0.6 is 23.2 Å². The van der Waals surface area contributed by atoms with Gasteiger partial charge in [0.2, 0.25) is 0 Å². The third-order valence-corrected chi connectivity index (χ3v) is 3.74. The highest BCUT2D eigenvalue weighted by Gasteiger charge is 2.33. The van der Waals surface area contributed by atoms with Crippen LogP contribution in [0.4, 0.5) is 18.9 Å². The zero-order valence-electron chi connectivity index (χ0n) is 10.8. The van der Waals surface area contributed by atoms with Crippen molar-refractivity contribution < 1.29 is 13.2 Å². The van der Waals surface area contributed by atoms with Crippen LogP contribution in [0.3, 0.4) is 0 Å². The number of hydrogen-bond donors (Lipinski definition) is 1. The minimum atomic E-state index is -4.29. The van der Waals surface area contributed by atoms with Crippen molar-refractivity contribution in [2.24, 2.45) is 0 Å². The van der Waals surface area contributed by atoms with Gasteiger partial charge in [0.1, 0.15) is 0 Å². The molecule has 0 aliphatic carbocycles. The normalized spacial score (nSPS) is 13.0. The van der Waals surface area contributed by atoms with Crippen LogP contribution < -0.4 is 5.32 Å². The molecule has 0 bridgehead atoms. The van der Waals surface area contributed by atoms with Gasteiger partial charge in [0.15, 0.2) is 0 Å². The molecule has 0 spiro atoms. The topological polar surface area (TPSA) is 12.0 Å². The summed E-state index contributed by atoms with van der Waals surface area (Å²) in [6.07, 6.45) is -5.29. The summed E-state index contributed by atoms with van der Waals surface area (Å²) in [6, 6.07) is 12.3. The number of nitrogens with one attached hydrogen (secondary N) is 1. The van der Waals surface area contributed by atoms with Gasteiger partial charge in [-0.05, 0) is 17.7 Å². The van der Waals surface area contributed by atoms with E-state index in [2.05, 4.69) is 5.32 Å². The first-order valence-electron chi connectivity index (χ1n) is 6.19. The van der Waals surface area contributed by atoms with Crippen LogP contribution in [0.2, 0.25) is 10.0 Å². The minimum absolute atomic E-state index is 0.210. The Balaban J connectivity index is 2.30. The van der Waals surface area contributed by atoms with E-state index in [1.54, 1.807) is 48.5 Å². The highest BCUT2D eigenvalue weighted by atomic mass is 35.5. The first-order valence-corrected chi connectivity index (χ1v) is 6.94. The van der Waals surface area contributed by atoms with Crippen LogP contribution in [0, 0.1) is 0 Å². The summed E-state index contributed by atoms with van der Waals surface area (Å²) in [6.45, 7) is 0. The third kappa shape index (κ3) is 4.55. The number of benzene rings is 2. The summed E-state index contributed by atoms with van der Waals surface area (Å²) in [4.78, 5) is 0. The number of hydrogen-bond acceptors (Lipinski definition) is 1. The Kier molecular flexibility index (Phi) is 5.01. The summed E-state index contributed by atoms with van der Waals surface area (Å²) in [5.74, 6) is 0. The molecule has 0 fully saturated rings. The van der Waals surface area contributed by atoms with Gasteiger partial charge in [0, 0.05) is 0 Å². The van der Waals surface area contributed by atoms with Gasteiger partial charge in [-0.15, -0.1) is 0 Å². The second kappa shape index (κ2) is 6.58. The van der Waals surface area contributed by atoms with Crippen LogP contribution in [0.1, 0.15) is 18.0 Å². The van der Waals surface area contributed by atoms with E-state index in [0.29, 0.717) is 16.3 Å². The second-order valence-corrected chi connectivity index (χ2v) is 5.31. The average Bonchev–Trinajstić information content (AvgIpc) is 2.42. The molecule has 1 nitrogen and oxygen atoms in total. The molecule has 1 N–H and O–H groups in total. The van der Waals surface area contributed by atoms with E-state index in [1.165, 1.54) is 0 Å². The van der Waals surface area contributed by atoms with Gasteiger partial charge in [-0.3, -0.25) is 0 Å². The predicted octanol–water partition coefficient (Wildman–Crippen LogP) is 6.10. The molecule has 1 atom stereocenters. The van der Waals surface area contributed by atoms with Crippen LogP contribution in [0.5, 0.6) is 0 Å². The molecule has 0 aromatic heterocycles. The number of anilines is 1. The van der Waals surface area contributed by atoms with Crippen LogP contribution in [0.15, 0.2) is 48.5 Å². The van der Waals surface area contributed by atoms with Crippen molar-refractivity contribution in [2.45, 2.75) is 18.6 Å². The molecule has 6 heteroatoms. The second-order valence-electron chi connectivity index (χ2n) is 4.53. The minimum Gasteiger partial charge on any atom is -0.377 e. The molecule has 2 aromatic carbocycles. The zero-order chi connectivity index (χ0) is 15.5. The first kappa shape index (κ1) is 16.0. The lowest BCUT2D eigenvalue weighted by Crippen LogP contribution is -2.20. The lowest BCUT2D eigenvalue weighted by Gasteiger charge is -2.22. The van der Waals surface area contributed by atoms with E-state index < -0.39 is 18.6 Å². The molecule has 2 aromatic rings. The zero-order valence-corrected chi connectivity index (χ0v) is 12.3. The predicted molar refractivity (Wildman–Crippen MR) is 79.9 cm³/mol. The highest BCUT2D eigenvalue weighted by molar-refractivity contribution is 6.43. The van der Waals surface area contributed by atoms with Crippen molar-refractivity contribution in [3.05, 3.63) is 64.1 Å². The molecule has 21 heavy (non-hydrogen) atoms. The smallest absolute Gasteiger partial charge is 0.377 e. The molecule has 0 heterocycles. The molecule has 0 radical (unpaired) electrons. The van der Waals surface area contributed by atoms with E-state index in [0.717, 1.165) is 0 Å². The highest BCUT2D eigenvalue weighted by Crippen LogP contribution is 2.36. The van der Waals surface area contributed by atoms with E-state index in [1.807, 2.05) is 0 Å². The van der Waals surface area contributed by atoms with Crippen molar-refractivity contribution in [1.29, 1.82) is 0 Å². The average molecular weight is 334 g/mol. The summed E-state index contributed by atoms with van der Waals surface area (Å²) in [5.41, 5.74) is 0.910. The fraction of sp³-hybridized carbons (Fsp3) is 0.200. The van der Waals surface area contributed by atoms with Gasteiger partial charge in [-0.2, -0.15) is 13.2 Å². The Labute approximate surface area is 130 Å². The van der Waals surface area contributed by atoms with Crippen molar-refractivity contribution in [1.82, 2.24) is 0 Å². The largest absolute Gasteiger partial charge is 0.391 e. The SMILES string of the molecule is FC(F)(F)CC(Nc1cccc(Cl)c1Cl)c1ccccc1. The molecule has 0 saturated carbocycles. The van der Waals surface area contributed by atoms with Gasteiger partial charge in [-0.1, -0.05) is 59.6 Å². The molecule has 2 rings (SSSR count). The van der Waals surface area contributed by atoms with Crippen LogP contribution in [-0.2, 0) is 0 Å². The Morgan fingerprint density at radius 1 is 0.952 bits per heavy atom. The maximum absolute atomic E-state index is 12.8. The van der Waals surface area contributed by atoms with Crippen molar-refractivity contribution in [3.63, 3.8) is 0 Å². The first-order chi connectivity index (χ1) is 9.87. The molecule has 0 saturated heterocycles.